The molecule has 19 heavy (non-hydrogen) atoms. The Morgan fingerprint density at radius 2 is 2.26 bits per heavy atom. The first-order valence-electron chi connectivity index (χ1n) is 6.88. The number of likely N-dealkylation sites (tertiary alicyclic amines) is 1. The van der Waals surface area contributed by atoms with Crippen LogP contribution in [0.25, 0.3) is 0 Å². The van der Waals surface area contributed by atoms with E-state index in [0.717, 1.165) is 32.3 Å². The fourth-order valence-corrected chi connectivity index (χ4v) is 2.97. The topological polar surface area (TPSA) is 68.5 Å². The molecule has 6 heteroatoms. The molecule has 2 saturated heterocycles. The Morgan fingerprint density at radius 3 is 2.95 bits per heavy atom. The summed E-state index contributed by atoms with van der Waals surface area (Å²) in [6, 6.07) is 0. The summed E-state index contributed by atoms with van der Waals surface area (Å²) in [4.78, 5) is 18.1. The van der Waals surface area contributed by atoms with Crippen molar-refractivity contribution in [3.63, 3.8) is 0 Å². The van der Waals surface area contributed by atoms with Crippen LogP contribution in [0.5, 0.6) is 0 Å². The second-order valence-corrected chi connectivity index (χ2v) is 5.43. The van der Waals surface area contributed by atoms with Crippen LogP contribution in [0.2, 0.25) is 0 Å². The van der Waals surface area contributed by atoms with E-state index in [1.54, 1.807) is 6.92 Å². The van der Waals surface area contributed by atoms with E-state index >= 15 is 0 Å². The van der Waals surface area contributed by atoms with Gasteiger partial charge in [0.05, 0.1) is 12.1 Å². The lowest BCUT2D eigenvalue weighted by atomic mass is 9.92. The molecule has 1 amide bonds. The zero-order valence-corrected chi connectivity index (χ0v) is 11.2. The van der Waals surface area contributed by atoms with Crippen molar-refractivity contribution >= 4 is 5.91 Å². The molecular weight excluding hydrogens is 246 g/mol. The molecule has 104 valence electrons. The van der Waals surface area contributed by atoms with Crippen LogP contribution in [0, 0.1) is 6.92 Å². The molecule has 0 N–H and O–H groups in total. The minimum absolute atomic E-state index is 0.0580. The predicted octanol–water partition coefficient (Wildman–Crippen LogP) is 1.44. The highest BCUT2D eigenvalue weighted by molar-refractivity contribution is 5.76. The van der Waals surface area contributed by atoms with Gasteiger partial charge in [-0.1, -0.05) is 5.16 Å². The van der Waals surface area contributed by atoms with Gasteiger partial charge in [-0.05, 0) is 25.7 Å². The molecule has 0 radical (unpaired) electrons. The lowest BCUT2D eigenvalue weighted by molar-refractivity contribution is -0.131. The summed E-state index contributed by atoms with van der Waals surface area (Å²) < 4.78 is 10.8. The number of aromatic nitrogens is 2. The third-order valence-corrected chi connectivity index (χ3v) is 4.07. The Balaban J connectivity index is 1.67. The van der Waals surface area contributed by atoms with E-state index in [2.05, 4.69) is 10.1 Å². The van der Waals surface area contributed by atoms with Gasteiger partial charge in [-0.3, -0.25) is 4.79 Å². The first kappa shape index (κ1) is 12.6. The van der Waals surface area contributed by atoms with Crippen molar-refractivity contribution in [2.75, 3.05) is 13.2 Å². The van der Waals surface area contributed by atoms with Crippen LogP contribution in [-0.4, -0.2) is 39.7 Å². The van der Waals surface area contributed by atoms with Crippen molar-refractivity contribution in [1.29, 1.82) is 0 Å². The average Bonchev–Trinajstić information content (AvgIpc) is 2.98. The molecule has 1 spiro atoms. The molecular formula is C13H19N3O3. The summed E-state index contributed by atoms with van der Waals surface area (Å²) >= 11 is 0. The van der Waals surface area contributed by atoms with Gasteiger partial charge in [0, 0.05) is 26.5 Å². The molecule has 0 aliphatic carbocycles. The molecule has 3 rings (SSSR count). The van der Waals surface area contributed by atoms with E-state index in [1.165, 1.54) is 0 Å². The Hall–Kier alpha value is -1.43. The minimum atomic E-state index is -0.0580. The molecule has 2 aliphatic rings. The highest BCUT2D eigenvalue weighted by Gasteiger charge is 2.38. The zero-order chi connectivity index (χ0) is 13.3. The number of amides is 1. The van der Waals surface area contributed by atoms with Crippen LogP contribution >= 0.6 is 0 Å². The lowest BCUT2D eigenvalue weighted by Gasteiger charge is -2.26. The van der Waals surface area contributed by atoms with E-state index in [-0.39, 0.29) is 11.5 Å². The third kappa shape index (κ3) is 2.63. The Labute approximate surface area is 112 Å². The van der Waals surface area contributed by atoms with Crippen molar-refractivity contribution in [3.05, 3.63) is 11.7 Å². The number of hydrogen-bond donors (Lipinski definition) is 0. The number of hydrogen-bond acceptors (Lipinski definition) is 5. The quantitative estimate of drug-likeness (QED) is 0.809. The molecule has 2 fully saturated rings. The van der Waals surface area contributed by atoms with Crippen LogP contribution in [-0.2, 0) is 16.1 Å². The molecule has 0 bridgehead atoms. The van der Waals surface area contributed by atoms with Gasteiger partial charge in [0.1, 0.15) is 0 Å². The van der Waals surface area contributed by atoms with Crippen molar-refractivity contribution in [3.8, 4) is 0 Å². The Morgan fingerprint density at radius 1 is 1.37 bits per heavy atom. The Kier molecular flexibility index (Phi) is 3.26. The van der Waals surface area contributed by atoms with E-state index < -0.39 is 0 Å². The number of aryl methyl sites for hydroxylation is 1. The average molecular weight is 265 g/mol. The lowest BCUT2D eigenvalue weighted by Crippen LogP contribution is -2.32. The number of carbonyl (C=O) groups excluding carboxylic acids is 1. The summed E-state index contributed by atoms with van der Waals surface area (Å²) in [6.45, 7) is 3.74. The van der Waals surface area contributed by atoms with Gasteiger partial charge in [-0.15, -0.1) is 0 Å². The molecule has 0 saturated carbocycles. The third-order valence-electron chi connectivity index (χ3n) is 4.07. The standard InChI is InChI=1S/C13H19N3O3/c1-10-14-11(15-19-10)9-16-7-6-13(4-2-8-18-13)5-3-12(16)17/h2-9H2,1H3/t13-/m1/s1. The van der Waals surface area contributed by atoms with Crippen LogP contribution in [0.15, 0.2) is 4.52 Å². The first-order chi connectivity index (χ1) is 9.17. The number of carbonyl (C=O) groups is 1. The van der Waals surface area contributed by atoms with E-state index in [4.69, 9.17) is 9.26 Å². The van der Waals surface area contributed by atoms with Gasteiger partial charge in [-0.25, -0.2) is 0 Å². The molecule has 0 aromatic carbocycles. The predicted molar refractivity (Wildman–Crippen MR) is 66.2 cm³/mol. The zero-order valence-electron chi connectivity index (χ0n) is 11.2. The summed E-state index contributed by atoms with van der Waals surface area (Å²) in [7, 11) is 0. The summed E-state index contributed by atoms with van der Waals surface area (Å²) in [5.41, 5.74) is -0.0580. The van der Waals surface area contributed by atoms with E-state index in [0.29, 0.717) is 31.2 Å². The SMILES string of the molecule is Cc1nc(CN2CC[C@@]3(CCCO3)CCC2=O)no1. The number of rotatable bonds is 2. The van der Waals surface area contributed by atoms with Gasteiger partial charge in [-0.2, -0.15) is 4.98 Å². The van der Waals surface area contributed by atoms with Gasteiger partial charge < -0.3 is 14.2 Å². The molecule has 2 aliphatic heterocycles. The highest BCUT2D eigenvalue weighted by atomic mass is 16.5. The maximum absolute atomic E-state index is 12.1. The Bertz CT molecular complexity index is 465. The smallest absolute Gasteiger partial charge is 0.223 e. The summed E-state index contributed by atoms with van der Waals surface area (Å²) in [6.07, 6.45) is 4.49. The fraction of sp³-hybridized carbons (Fsp3) is 0.769. The van der Waals surface area contributed by atoms with Crippen LogP contribution in [0.3, 0.4) is 0 Å². The van der Waals surface area contributed by atoms with Gasteiger partial charge in [0.25, 0.3) is 0 Å². The number of ether oxygens (including phenoxy) is 1. The highest BCUT2D eigenvalue weighted by Crippen LogP contribution is 2.36. The summed E-state index contributed by atoms with van der Waals surface area (Å²) in [5.74, 6) is 1.27. The largest absolute Gasteiger partial charge is 0.375 e. The molecule has 3 heterocycles. The van der Waals surface area contributed by atoms with E-state index in [1.807, 2.05) is 4.90 Å². The molecule has 6 nitrogen and oxygen atoms in total. The van der Waals surface area contributed by atoms with Crippen molar-refractivity contribution in [1.82, 2.24) is 15.0 Å². The van der Waals surface area contributed by atoms with Gasteiger partial charge >= 0.3 is 0 Å². The van der Waals surface area contributed by atoms with Gasteiger partial charge in [0.2, 0.25) is 11.8 Å². The molecule has 1 aromatic heterocycles. The van der Waals surface area contributed by atoms with Gasteiger partial charge in [0.15, 0.2) is 5.82 Å². The second kappa shape index (κ2) is 4.92. The van der Waals surface area contributed by atoms with Crippen LogP contribution in [0.1, 0.15) is 43.8 Å². The van der Waals surface area contributed by atoms with Crippen LogP contribution in [0.4, 0.5) is 0 Å². The van der Waals surface area contributed by atoms with Crippen LogP contribution < -0.4 is 0 Å². The van der Waals surface area contributed by atoms with Crippen molar-refractivity contribution in [2.24, 2.45) is 0 Å². The maximum Gasteiger partial charge on any atom is 0.223 e. The van der Waals surface area contributed by atoms with Crippen molar-refractivity contribution in [2.45, 2.75) is 51.2 Å². The second-order valence-electron chi connectivity index (χ2n) is 5.43. The van der Waals surface area contributed by atoms with E-state index in [9.17, 15) is 4.79 Å². The summed E-state index contributed by atoms with van der Waals surface area (Å²) in [5, 5.41) is 3.85. The maximum atomic E-state index is 12.1. The first-order valence-corrected chi connectivity index (χ1v) is 6.88. The molecule has 0 unspecified atom stereocenters. The molecule has 1 aromatic rings. The molecule has 1 atom stereocenters. The minimum Gasteiger partial charge on any atom is -0.375 e. The monoisotopic (exact) mass is 265 g/mol. The van der Waals surface area contributed by atoms with Crippen molar-refractivity contribution < 1.29 is 14.1 Å². The number of nitrogens with zero attached hydrogens (tertiary/aromatic N) is 3. The normalized spacial score (nSPS) is 28.1. The fourth-order valence-electron chi connectivity index (χ4n) is 2.97.